The van der Waals surface area contributed by atoms with Gasteiger partial charge in [0.2, 0.25) is 0 Å². The van der Waals surface area contributed by atoms with E-state index in [0.717, 1.165) is 5.56 Å². The molecule has 0 aliphatic carbocycles. The molecule has 0 spiro atoms. The number of nitrogens with two attached hydrogens (primary N) is 2. The van der Waals surface area contributed by atoms with E-state index in [9.17, 15) is 14.0 Å². The van der Waals surface area contributed by atoms with E-state index in [1.54, 1.807) is 19.1 Å². The van der Waals surface area contributed by atoms with Gasteiger partial charge in [-0.05, 0) is 29.7 Å². The average Bonchev–Trinajstić information content (AvgIpc) is 2.64. The summed E-state index contributed by atoms with van der Waals surface area (Å²) < 4.78 is 13.0. The first-order chi connectivity index (χ1) is 12.4. The molecule has 26 heavy (non-hydrogen) atoms. The Kier molecular flexibility index (Phi) is 11.7. The van der Waals surface area contributed by atoms with Gasteiger partial charge in [0.1, 0.15) is 5.82 Å². The van der Waals surface area contributed by atoms with Gasteiger partial charge in [0.15, 0.2) is 0 Å². The van der Waals surface area contributed by atoms with E-state index >= 15 is 0 Å². The van der Waals surface area contributed by atoms with Crippen molar-refractivity contribution in [2.45, 2.75) is 33.9 Å². The summed E-state index contributed by atoms with van der Waals surface area (Å²) in [5.74, 6) is -0.274. The molecular weight excluding hydrogens is 335 g/mol. The summed E-state index contributed by atoms with van der Waals surface area (Å²) >= 11 is 0. The Balaban J connectivity index is 0.000000444. The number of nitrogens with one attached hydrogen (secondary N) is 2. The van der Waals surface area contributed by atoms with Crippen LogP contribution in [-0.4, -0.2) is 12.1 Å². The molecule has 0 aliphatic rings. The van der Waals surface area contributed by atoms with Crippen molar-refractivity contribution in [1.82, 2.24) is 10.6 Å². The number of primary amides is 2. The molecule has 0 saturated heterocycles. The lowest BCUT2D eigenvalue weighted by molar-refractivity contribution is 0.247. The molecule has 0 aromatic heterocycles. The van der Waals surface area contributed by atoms with Gasteiger partial charge < -0.3 is 22.1 Å². The molecule has 0 heterocycles. The summed E-state index contributed by atoms with van der Waals surface area (Å²) in [5.41, 5.74) is 12.1. The van der Waals surface area contributed by atoms with Crippen LogP contribution < -0.4 is 22.1 Å². The Labute approximate surface area is 153 Å². The van der Waals surface area contributed by atoms with E-state index in [2.05, 4.69) is 10.6 Å². The zero-order chi connectivity index (χ0) is 19.9. The minimum Gasteiger partial charge on any atom is -0.352 e. The second-order valence-electron chi connectivity index (χ2n) is 5.00. The molecule has 142 valence electrons. The summed E-state index contributed by atoms with van der Waals surface area (Å²) in [7, 11) is 0. The minimum atomic E-state index is -0.610. The third-order valence-corrected chi connectivity index (χ3v) is 3.01. The molecule has 2 aromatic carbocycles. The number of hydrogen-bond acceptors (Lipinski definition) is 2. The third kappa shape index (κ3) is 10.6. The molecule has 0 radical (unpaired) electrons. The highest BCUT2D eigenvalue weighted by Crippen LogP contribution is 2.08. The van der Waals surface area contributed by atoms with E-state index in [4.69, 9.17) is 11.5 Å². The van der Waals surface area contributed by atoms with Crippen LogP contribution in [0.1, 0.15) is 30.5 Å². The summed E-state index contributed by atoms with van der Waals surface area (Å²) in [6, 6.07) is 13.3. The first-order valence-corrected chi connectivity index (χ1v) is 8.24. The van der Waals surface area contributed by atoms with Crippen LogP contribution >= 0.6 is 0 Å². The number of benzene rings is 2. The number of urea groups is 2. The van der Waals surface area contributed by atoms with E-state index < -0.39 is 12.1 Å². The molecule has 6 N–H and O–H groups in total. The SMILES string of the molecule is CC.Cc1ccc(CNC(N)=O)cc1F.NC(=O)NCc1ccccc1. The van der Waals surface area contributed by atoms with E-state index in [0.29, 0.717) is 17.7 Å². The van der Waals surface area contributed by atoms with E-state index in [-0.39, 0.29) is 12.4 Å². The highest BCUT2D eigenvalue weighted by Gasteiger charge is 1.99. The lowest BCUT2D eigenvalue weighted by atomic mass is 10.1. The molecule has 7 heteroatoms. The number of amides is 4. The number of carbonyl (C=O) groups excluding carboxylic acids is 2. The smallest absolute Gasteiger partial charge is 0.312 e. The van der Waals surface area contributed by atoms with Crippen LogP contribution in [0.4, 0.5) is 14.0 Å². The second kappa shape index (κ2) is 13.2. The van der Waals surface area contributed by atoms with Crippen LogP contribution in [0.25, 0.3) is 0 Å². The largest absolute Gasteiger partial charge is 0.352 e. The zero-order valence-corrected chi connectivity index (χ0v) is 15.4. The number of carbonyl (C=O) groups is 2. The molecule has 0 aliphatic heterocycles. The number of aryl methyl sites for hydroxylation is 1. The maximum atomic E-state index is 13.0. The van der Waals surface area contributed by atoms with Crippen LogP contribution in [0, 0.1) is 12.7 Å². The van der Waals surface area contributed by atoms with Crippen molar-refractivity contribution in [3.63, 3.8) is 0 Å². The molecule has 0 saturated carbocycles. The number of rotatable bonds is 4. The molecule has 6 nitrogen and oxygen atoms in total. The monoisotopic (exact) mass is 362 g/mol. The Morgan fingerprint density at radius 2 is 1.38 bits per heavy atom. The van der Waals surface area contributed by atoms with Crippen molar-refractivity contribution in [1.29, 1.82) is 0 Å². The van der Waals surface area contributed by atoms with E-state index in [1.165, 1.54) is 6.07 Å². The average molecular weight is 362 g/mol. The number of hydrogen-bond donors (Lipinski definition) is 4. The molecule has 2 aromatic rings. The Hall–Kier alpha value is -3.09. The predicted octanol–water partition coefficient (Wildman–Crippen LogP) is 3.18. The normalized spacial score (nSPS) is 8.92. The fraction of sp³-hybridized carbons (Fsp3) is 0.263. The molecular formula is C19H27FN4O2. The predicted molar refractivity (Wildman–Crippen MR) is 102 cm³/mol. The molecule has 0 bridgehead atoms. The second-order valence-corrected chi connectivity index (χ2v) is 5.00. The Morgan fingerprint density at radius 1 is 0.885 bits per heavy atom. The van der Waals surface area contributed by atoms with Crippen LogP contribution in [0.3, 0.4) is 0 Å². The van der Waals surface area contributed by atoms with Gasteiger partial charge in [-0.3, -0.25) is 0 Å². The van der Waals surface area contributed by atoms with Gasteiger partial charge in [0, 0.05) is 13.1 Å². The quantitative estimate of drug-likeness (QED) is 0.670. The summed E-state index contributed by atoms with van der Waals surface area (Å²) in [6.45, 7) is 6.43. The first-order valence-electron chi connectivity index (χ1n) is 8.24. The van der Waals surface area contributed by atoms with Gasteiger partial charge in [-0.15, -0.1) is 0 Å². The van der Waals surface area contributed by atoms with Crippen LogP contribution in [0.2, 0.25) is 0 Å². The van der Waals surface area contributed by atoms with Gasteiger partial charge >= 0.3 is 12.1 Å². The summed E-state index contributed by atoms with van der Waals surface area (Å²) in [4.78, 5) is 20.6. The first kappa shape index (κ1) is 22.9. The molecule has 2 rings (SSSR count). The fourth-order valence-electron chi connectivity index (χ4n) is 1.72. The van der Waals surface area contributed by atoms with Crippen LogP contribution in [0.15, 0.2) is 48.5 Å². The van der Waals surface area contributed by atoms with Crippen molar-refractivity contribution >= 4 is 12.1 Å². The van der Waals surface area contributed by atoms with Gasteiger partial charge in [0.25, 0.3) is 0 Å². The highest BCUT2D eigenvalue weighted by atomic mass is 19.1. The van der Waals surface area contributed by atoms with Crippen molar-refractivity contribution in [2.24, 2.45) is 11.5 Å². The summed E-state index contributed by atoms with van der Waals surface area (Å²) in [5, 5.41) is 4.88. The zero-order valence-electron chi connectivity index (χ0n) is 15.4. The molecule has 4 amide bonds. The van der Waals surface area contributed by atoms with Crippen molar-refractivity contribution in [2.75, 3.05) is 0 Å². The lowest BCUT2D eigenvalue weighted by Crippen LogP contribution is -2.28. The minimum absolute atomic E-state index is 0.256. The van der Waals surface area contributed by atoms with Gasteiger partial charge in [-0.25, -0.2) is 14.0 Å². The highest BCUT2D eigenvalue weighted by molar-refractivity contribution is 5.71. The lowest BCUT2D eigenvalue weighted by Gasteiger charge is -2.03. The fourth-order valence-corrected chi connectivity index (χ4v) is 1.72. The Morgan fingerprint density at radius 3 is 1.85 bits per heavy atom. The third-order valence-electron chi connectivity index (χ3n) is 3.01. The maximum absolute atomic E-state index is 13.0. The Bertz CT molecular complexity index is 678. The maximum Gasteiger partial charge on any atom is 0.312 e. The van der Waals surface area contributed by atoms with Gasteiger partial charge in [0.05, 0.1) is 0 Å². The molecule has 0 fully saturated rings. The van der Waals surface area contributed by atoms with Crippen molar-refractivity contribution < 1.29 is 14.0 Å². The van der Waals surface area contributed by atoms with Crippen LogP contribution in [0.5, 0.6) is 0 Å². The van der Waals surface area contributed by atoms with Crippen molar-refractivity contribution in [3.8, 4) is 0 Å². The topological polar surface area (TPSA) is 110 Å². The standard InChI is InChI=1S/C9H11FN2O.C8H10N2O.C2H6/c1-6-2-3-7(4-8(6)10)5-12-9(11)13;9-8(11)10-6-7-4-2-1-3-5-7;1-2/h2-4H,5H2,1H3,(H3,11,12,13);1-5H,6H2,(H3,9,10,11);1-2H3. The van der Waals surface area contributed by atoms with Crippen molar-refractivity contribution in [3.05, 3.63) is 71.0 Å². The van der Waals surface area contributed by atoms with Gasteiger partial charge in [-0.2, -0.15) is 0 Å². The van der Waals surface area contributed by atoms with Gasteiger partial charge in [-0.1, -0.05) is 56.3 Å². The number of halogens is 1. The molecule has 0 unspecified atom stereocenters. The van der Waals surface area contributed by atoms with Crippen LogP contribution in [-0.2, 0) is 13.1 Å². The molecule has 0 atom stereocenters. The summed E-state index contributed by atoms with van der Waals surface area (Å²) in [6.07, 6.45) is 0. The van der Waals surface area contributed by atoms with E-state index in [1.807, 2.05) is 44.2 Å².